The fraction of sp³-hybridized carbons (Fsp3) is 0.611. The third-order valence-electron chi connectivity index (χ3n) is 5.66. The lowest BCUT2D eigenvalue weighted by Gasteiger charge is -2.25. The minimum Gasteiger partial charge on any atom is -0.336 e. The Morgan fingerprint density at radius 1 is 1.24 bits per heavy atom. The predicted molar refractivity (Wildman–Crippen MR) is 93.7 cm³/mol. The minimum absolute atomic E-state index is 0.0110. The van der Waals surface area contributed by atoms with Crippen LogP contribution in [0.2, 0.25) is 0 Å². The highest BCUT2D eigenvalue weighted by Crippen LogP contribution is 2.32. The molecule has 4 rings (SSSR count). The highest BCUT2D eigenvalue weighted by molar-refractivity contribution is 5.80. The molecule has 1 aliphatic carbocycles. The van der Waals surface area contributed by atoms with E-state index in [0.29, 0.717) is 19.0 Å². The molecular formula is C18H26N6O. The van der Waals surface area contributed by atoms with Gasteiger partial charge in [-0.15, -0.1) is 0 Å². The van der Waals surface area contributed by atoms with Gasteiger partial charge in [0.15, 0.2) is 0 Å². The molecule has 3 heterocycles. The summed E-state index contributed by atoms with van der Waals surface area (Å²) in [5.41, 5.74) is 2.10. The van der Waals surface area contributed by atoms with Gasteiger partial charge < -0.3 is 10.2 Å². The maximum Gasteiger partial charge on any atom is 0.224 e. The molecule has 0 spiro atoms. The van der Waals surface area contributed by atoms with Crippen molar-refractivity contribution in [3.63, 3.8) is 0 Å². The third kappa shape index (κ3) is 3.08. The number of carbonyl (C=O) groups is 1. The van der Waals surface area contributed by atoms with E-state index in [-0.39, 0.29) is 18.0 Å². The first-order valence-electron chi connectivity index (χ1n) is 9.14. The molecule has 2 aromatic rings. The van der Waals surface area contributed by atoms with Crippen LogP contribution >= 0.6 is 0 Å². The summed E-state index contributed by atoms with van der Waals surface area (Å²) < 4.78 is 3.97. The van der Waals surface area contributed by atoms with Gasteiger partial charge in [0.05, 0.1) is 23.5 Å². The second-order valence-corrected chi connectivity index (χ2v) is 7.25. The Morgan fingerprint density at radius 3 is 2.76 bits per heavy atom. The molecule has 2 fully saturated rings. The van der Waals surface area contributed by atoms with Gasteiger partial charge in [0.25, 0.3) is 0 Å². The van der Waals surface area contributed by atoms with E-state index in [1.54, 1.807) is 6.20 Å². The first-order valence-corrected chi connectivity index (χ1v) is 9.14. The van der Waals surface area contributed by atoms with Crippen molar-refractivity contribution in [3.8, 4) is 0 Å². The Labute approximate surface area is 148 Å². The average molecular weight is 342 g/mol. The Morgan fingerprint density at radius 2 is 2.04 bits per heavy atom. The van der Waals surface area contributed by atoms with Gasteiger partial charge in [-0.05, 0) is 25.0 Å². The Balaban J connectivity index is 1.44. The Hall–Kier alpha value is -2.15. The number of hydrogen-bond acceptors (Lipinski definition) is 4. The second kappa shape index (κ2) is 6.63. The molecule has 2 atom stereocenters. The van der Waals surface area contributed by atoms with E-state index in [1.165, 1.54) is 25.7 Å². The number of likely N-dealkylation sites (tertiary alicyclic amines) is 1. The molecular weight excluding hydrogens is 316 g/mol. The fourth-order valence-corrected chi connectivity index (χ4v) is 4.21. The van der Waals surface area contributed by atoms with Gasteiger partial charge in [0.1, 0.15) is 0 Å². The van der Waals surface area contributed by atoms with E-state index in [9.17, 15) is 4.79 Å². The average Bonchev–Trinajstić information content (AvgIpc) is 3.36. The lowest BCUT2D eigenvalue weighted by atomic mass is 10.1. The standard InChI is InChI=1S/C18H26N6O/c1-22-17(25)11-15(18(22)16-7-9-20-23(16)2)19-12-13-8-10-24(21-13)14-5-3-4-6-14/h7-10,14-15,18-19H,3-6,11-12H2,1-2H3/t15-,18-/m1/s1. The molecule has 0 aromatic carbocycles. The molecule has 134 valence electrons. The topological polar surface area (TPSA) is 68.0 Å². The molecule has 2 aliphatic rings. The third-order valence-corrected chi connectivity index (χ3v) is 5.66. The number of nitrogens with zero attached hydrogens (tertiary/aromatic N) is 5. The van der Waals surface area contributed by atoms with E-state index >= 15 is 0 Å². The maximum absolute atomic E-state index is 12.2. The van der Waals surface area contributed by atoms with Crippen molar-refractivity contribution in [2.75, 3.05) is 7.05 Å². The molecule has 1 saturated carbocycles. The van der Waals surface area contributed by atoms with Crippen LogP contribution in [0.15, 0.2) is 24.5 Å². The van der Waals surface area contributed by atoms with Crippen LogP contribution < -0.4 is 5.32 Å². The SMILES string of the molecule is CN1C(=O)C[C@@H](NCc2ccn(C3CCCC3)n2)[C@@H]1c1ccnn1C. The van der Waals surface area contributed by atoms with E-state index in [4.69, 9.17) is 5.10 Å². The van der Waals surface area contributed by atoms with E-state index in [1.807, 2.05) is 29.7 Å². The molecule has 0 bridgehead atoms. The Kier molecular flexibility index (Phi) is 4.33. The number of nitrogens with one attached hydrogen (secondary N) is 1. The van der Waals surface area contributed by atoms with Crippen LogP contribution in [0.1, 0.15) is 55.6 Å². The van der Waals surface area contributed by atoms with Crippen LogP contribution in [0.4, 0.5) is 0 Å². The smallest absolute Gasteiger partial charge is 0.224 e. The molecule has 0 unspecified atom stereocenters. The summed E-state index contributed by atoms with van der Waals surface area (Å²) in [5.74, 6) is 0.167. The van der Waals surface area contributed by atoms with E-state index < -0.39 is 0 Å². The molecule has 1 amide bonds. The number of amides is 1. The van der Waals surface area contributed by atoms with Gasteiger partial charge in [-0.3, -0.25) is 14.2 Å². The van der Waals surface area contributed by atoms with E-state index in [0.717, 1.165) is 11.4 Å². The molecule has 1 N–H and O–H groups in total. The van der Waals surface area contributed by atoms with Crippen molar-refractivity contribution in [1.29, 1.82) is 0 Å². The molecule has 25 heavy (non-hydrogen) atoms. The quantitative estimate of drug-likeness (QED) is 0.900. The van der Waals surface area contributed by atoms with Crippen molar-refractivity contribution in [2.24, 2.45) is 7.05 Å². The second-order valence-electron chi connectivity index (χ2n) is 7.25. The van der Waals surface area contributed by atoms with Crippen LogP contribution in [0.5, 0.6) is 0 Å². The minimum atomic E-state index is 0.0110. The van der Waals surface area contributed by atoms with Crippen LogP contribution in [0.3, 0.4) is 0 Å². The summed E-state index contributed by atoms with van der Waals surface area (Å²) in [4.78, 5) is 14.1. The van der Waals surface area contributed by atoms with Gasteiger partial charge in [-0.25, -0.2) is 0 Å². The van der Waals surface area contributed by atoms with Crippen LogP contribution in [0.25, 0.3) is 0 Å². The van der Waals surface area contributed by atoms with Gasteiger partial charge in [-0.2, -0.15) is 10.2 Å². The molecule has 7 heteroatoms. The maximum atomic E-state index is 12.2. The molecule has 1 aliphatic heterocycles. The lowest BCUT2D eigenvalue weighted by Crippen LogP contribution is -2.36. The predicted octanol–water partition coefficient (Wildman–Crippen LogP) is 1.79. The Bertz CT molecular complexity index is 744. The summed E-state index contributed by atoms with van der Waals surface area (Å²) in [6.07, 6.45) is 9.47. The molecule has 1 saturated heterocycles. The highest BCUT2D eigenvalue weighted by Gasteiger charge is 2.39. The molecule has 0 radical (unpaired) electrons. The van der Waals surface area contributed by atoms with Crippen molar-refractivity contribution < 1.29 is 4.79 Å². The number of rotatable bonds is 5. The summed E-state index contributed by atoms with van der Waals surface area (Å²) in [6, 6.07) is 4.73. The number of aryl methyl sites for hydroxylation is 1. The summed E-state index contributed by atoms with van der Waals surface area (Å²) in [7, 11) is 3.79. The summed E-state index contributed by atoms with van der Waals surface area (Å²) in [5, 5.41) is 12.5. The number of likely N-dealkylation sites (N-methyl/N-ethyl adjacent to an activating group) is 1. The first kappa shape index (κ1) is 16.3. The van der Waals surface area contributed by atoms with Crippen LogP contribution in [-0.2, 0) is 18.4 Å². The number of aromatic nitrogens is 4. The highest BCUT2D eigenvalue weighted by atomic mass is 16.2. The summed E-state index contributed by atoms with van der Waals surface area (Å²) >= 11 is 0. The normalized spacial score (nSPS) is 24.6. The van der Waals surface area contributed by atoms with Gasteiger partial charge in [0, 0.05) is 45.5 Å². The van der Waals surface area contributed by atoms with Crippen molar-refractivity contribution in [3.05, 3.63) is 35.9 Å². The monoisotopic (exact) mass is 342 g/mol. The number of hydrogen-bond donors (Lipinski definition) is 1. The van der Waals surface area contributed by atoms with E-state index in [2.05, 4.69) is 27.4 Å². The largest absolute Gasteiger partial charge is 0.336 e. The van der Waals surface area contributed by atoms with Crippen molar-refractivity contribution in [2.45, 2.75) is 56.8 Å². The zero-order valence-electron chi connectivity index (χ0n) is 14.9. The van der Waals surface area contributed by atoms with Crippen LogP contribution in [0, 0.1) is 0 Å². The number of carbonyl (C=O) groups excluding carboxylic acids is 1. The molecule has 7 nitrogen and oxygen atoms in total. The fourth-order valence-electron chi connectivity index (χ4n) is 4.21. The van der Waals surface area contributed by atoms with Gasteiger partial charge >= 0.3 is 0 Å². The molecule has 2 aromatic heterocycles. The first-order chi connectivity index (χ1) is 12.1. The zero-order valence-corrected chi connectivity index (χ0v) is 14.9. The zero-order chi connectivity index (χ0) is 17.4. The van der Waals surface area contributed by atoms with Gasteiger partial charge in [0.2, 0.25) is 5.91 Å². The van der Waals surface area contributed by atoms with Gasteiger partial charge in [-0.1, -0.05) is 12.8 Å². The lowest BCUT2D eigenvalue weighted by molar-refractivity contribution is -0.127. The van der Waals surface area contributed by atoms with Crippen molar-refractivity contribution in [1.82, 2.24) is 29.8 Å². The van der Waals surface area contributed by atoms with Crippen molar-refractivity contribution >= 4 is 5.91 Å². The summed E-state index contributed by atoms with van der Waals surface area (Å²) in [6.45, 7) is 0.680. The van der Waals surface area contributed by atoms with Crippen LogP contribution in [-0.4, -0.2) is 43.5 Å².